The van der Waals surface area contributed by atoms with Gasteiger partial charge in [0.15, 0.2) is 0 Å². The molecule has 0 unspecified atom stereocenters. The summed E-state index contributed by atoms with van der Waals surface area (Å²) in [5.74, 6) is 0.486. The number of nitrogens with zero attached hydrogens (tertiary/aromatic N) is 2. The third-order valence-corrected chi connectivity index (χ3v) is 5.74. The van der Waals surface area contributed by atoms with Gasteiger partial charge in [0.05, 0.1) is 0 Å². The average molecular weight is 352 g/mol. The third kappa shape index (κ3) is 6.28. The first-order valence-electron chi connectivity index (χ1n) is 10.3. The molecule has 0 radical (unpaired) electrons. The van der Waals surface area contributed by atoms with Gasteiger partial charge >= 0.3 is 6.03 Å². The molecule has 0 aromatic rings. The zero-order valence-electron chi connectivity index (χ0n) is 16.4. The SMILES string of the molecule is CCC[C@@H](CCC(C)C)C(=O)NC(=O)N1CCC(N2CCCC2)CC1. The molecule has 0 saturated carbocycles. The van der Waals surface area contributed by atoms with Crippen LogP contribution in [0.1, 0.15) is 72.1 Å². The van der Waals surface area contributed by atoms with E-state index in [4.69, 9.17) is 0 Å². The lowest BCUT2D eigenvalue weighted by Gasteiger charge is -2.36. The van der Waals surface area contributed by atoms with Gasteiger partial charge in [0, 0.05) is 25.0 Å². The van der Waals surface area contributed by atoms with Gasteiger partial charge in [-0.3, -0.25) is 10.1 Å². The fourth-order valence-corrected chi connectivity index (χ4v) is 4.12. The van der Waals surface area contributed by atoms with E-state index in [1.807, 2.05) is 4.90 Å². The molecule has 5 heteroatoms. The molecule has 2 saturated heterocycles. The predicted octanol–water partition coefficient (Wildman–Crippen LogP) is 3.64. The maximum Gasteiger partial charge on any atom is 0.324 e. The fraction of sp³-hybridized carbons (Fsp3) is 0.900. The van der Waals surface area contributed by atoms with E-state index in [9.17, 15) is 9.59 Å². The fourth-order valence-electron chi connectivity index (χ4n) is 4.12. The van der Waals surface area contributed by atoms with Gasteiger partial charge in [0.2, 0.25) is 5.91 Å². The first-order chi connectivity index (χ1) is 12.0. The summed E-state index contributed by atoms with van der Waals surface area (Å²) in [6.45, 7) is 10.4. The van der Waals surface area contributed by atoms with Crippen LogP contribution in [0, 0.1) is 11.8 Å². The molecule has 2 aliphatic heterocycles. The van der Waals surface area contributed by atoms with Crippen LogP contribution in [0.5, 0.6) is 0 Å². The molecule has 1 N–H and O–H groups in total. The highest BCUT2D eigenvalue weighted by atomic mass is 16.2. The van der Waals surface area contributed by atoms with Gasteiger partial charge in [0.25, 0.3) is 0 Å². The molecule has 2 rings (SSSR count). The highest BCUT2D eigenvalue weighted by Crippen LogP contribution is 2.21. The molecular formula is C20H37N3O2. The van der Waals surface area contributed by atoms with Gasteiger partial charge in [-0.15, -0.1) is 0 Å². The topological polar surface area (TPSA) is 52.7 Å². The minimum absolute atomic E-state index is 0.0292. The van der Waals surface area contributed by atoms with Crippen molar-refractivity contribution in [2.24, 2.45) is 11.8 Å². The maximum atomic E-state index is 12.5. The van der Waals surface area contributed by atoms with Gasteiger partial charge in [-0.25, -0.2) is 4.79 Å². The summed E-state index contributed by atoms with van der Waals surface area (Å²) >= 11 is 0. The van der Waals surface area contributed by atoms with Crippen LogP contribution in [0.3, 0.4) is 0 Å². The molecule has 0 aromatic heterocycles. The van der Waals surface area contributed by atoms with Crippen LogP contribution in [-0.4, -0.2) is 54.0 Å². The Labute approximate surface area is 153 Å². The number of piperidine rings is 1. The van der Waals surface area contributed by atoms with E-state index in [0.717, 1.165) is 51.6 Å². The Morgan fingerprint density at radius 2 is 1.64 bits per heavy atom. The van der Waals surface area contributed by atoms with Crippen LogP contribution in [0.15, 0.2) is 0 Å². The minimum atomic E-state index is -0.185. The summed E-state index contributed by atoms with van der Waals surface area (Å²) in [5, 5.41) is 2.68. The average Bonchev–Trinajstić information content (AvgIpc) is 3.13. The normalized spacial score (nSPS) is 20.9. The second kappa shape index (κ2) is 10.1. The molecule has 2 heterocycles. The monoisotopic (exact) mass is 351 g/mol. The molecule has 2 fully saturated rings. The summed E-state index contributed by atoms with van der Waals surface area (Å²) in [6, 6.07) is 0.441. The number of hydrogen-bond donors (Lipinski definition) is 1. The first kappa shape index (κ1) is 20.2. The van der Waals surface area contributed by atoms with Crippen LogP contribution in [0.25, 0.3) is 0 Å². The standard InChI is InChI=1S/C20H37N3O2/c1-4-7-17(9-8-16(2)3)19(24)21-20(25)23-14-10-18(11-15-23)22-12-5-6-13-22/h16-18H,4-15H2,1-3H3,(H,21,24,25)/t17-/m0/s1. The van der Waals surface area contributed by atoms with Gasteiger partial charge < -0.3 is 9.80 Å². The van der Waals surface area contributed by atoms with Crippen molar-refractivity contribution < 1.29 is 9.59 Å². The highest BCUT2D eigenvalue weighted by Gasteiger charge is 2.29. The largest absolute Gasteiger partial charge is 0.324 e. The number of rotatable bonds is 7. The lowest BCUT2D eigenvalue weighted by Crippen LogP contribution is -2.51. The summed E-state index contributed by atoms with van der Waals surface area (Å²) in [6.07, 6.45) is 8.44. The summed E-state index contributed by atoms with van der Waals surface area (Å²) in [5.41, 5.74) is 0. The number of imide groups is 1. The molecule has 0 aliphatic carbocycles. The van der Waals surface area contributed by atoms with E-state index in [2.05, 4.69) is 31.0 Å². The number of amides is 3. The first-order valence-corrected chi connectivity index (χ1v) is 10.3. The van der Waals surface area contributed by atoms with Crippen molar-refractivity contribution in [1.29, 1.82) is 0 Å². The molecule has 0 spiro atoms. The van der Waals surface area contributed by atoms with Crippen molar-refractivity contribution in [3.63, 3.8) is 0 Å². The molecule has 0 bridgehead atoms. The Hall–Kier alpha value is -1.10. The Kier molecular flexibility index (Phi) is 8.20. The molecule has 144 valence electrons. The molecular weight excluding hydrogens is 314 g/mol. The molecule has 1 atom stereocenters. The predicted molar refractivity (Wildman–Crippen MR) is 101 cm³/mol. The Bertz CT molecular complexity index is 425. The van der Waals surface area contributed by atoms with E-state index >= 15 is 0 Å². The van der Waals surface area contributed by atoms with Crippen LogP contribution < -0.4 is 5.32 Å². The third-order valence-electron chi connectivity index (χ3n) is 5.74. The number of nitrogens with one attached hydrogen (secondary N) is 1. The zero-order chi connectivity index (χ0) is 18.2. The van der Waals surface area contributed by atoms with Crippen molar-refractivity contribution in [1.82, 2.24) is 15.1 Å². The van der Waals surface area contributed by atoms with Crippen molar-refractivity contribution in [2.75, 3.05) is 26.2 Å². The lowest BCUT2D eigenvalue weighted by molar-refractivity contribution is -0.124. The number of likely N-dealkylation sites (tertiary alicyclic amines) is 2. The summed E-state index contributed by atoms with van der Waals surface area (Å²) in [7, 11) is 0. The molecule has 3 amide bonds. The maximum absolute atomic E-state index is 12.5. The van der Waals surface area contributed by atoms with Gasteiger partial charge in [0.1, 0.15) is 0 Å². The number of carbonyl (C=O) groups is 2. The summed E-state index contributed by atoms with van der Waals surface area (Å²) < 4.78 is 0. The summed E-state index contributed by atoms with van der Waals surface area (Å²) in [4.78, 5) is 29.4. The number of urea groups is 1. The van der Waals surface area contributed by atoms with E-state index in [1.165, 1.54) is 25.9 Å². The molecule has 2 aliphatic rings. The van der Waals surface area contributed by atoms with Crippen LogP contribution in [-0.2, 0) is 4.79 Å². The van der Waals surface area contributed by atoms with Crippen molar-refractivity contribution >= 4 is 11.9 Å². The second-order valence-corrected chi connectivity index (χ2v) is 8.21. The van der Waals surface area contributed by atoms with Crippen LogP contribution in [0.2, 0.25) is 0 Å². The zero-order valence-corrected chi connectivity index (χ0v) is 16.4. The number of hydrogen-bond acceptors (Lipinski definition) is 3. The van der Waals surface area contributed by atoms with Gasteiger partial charge in [-0.2, -0.15) is 0 Å². The van der Waals surface area contributed by atoms with Crippen molar-refractivity contribution in [2.45, 2.75) is 78.2 Å². The van der Waals surface area contributed by atoms with Gasteiger partial charge in [-0.05, 0) is 57.5 Å². The quantitative estimate of drug-likeness (QED) is 0.762. The van der Waals surface area contributed by atoms with Crippen LogP contribution in [0.4, 0.5) is 4.79 Å². The number of carbonyl (C=O) groups excluding carboxylic acids is 2. The van der Waals surface area contributed by atoms with Gasteiger partial charge in [-0.1, -0.05) is 33.6 Å². The lowest BCUT2D eigenvalue weighted by atomic mass is 9.93. The van der Waals surface area contributed by atoms with E-state index in [0.29, 0.717) is 12.0 Å². The van der Waals surface area contributed by atoms with Crippen molar-refractivity contribution in [3.8, 4) is 0 Å². The van der Waals surface area contributed by atoms with E-state index < -0.39 is 0 Å². The second-order valence-electron chi connectivity index (χ2n) is 8.21. The molecule has 5 nitrogen and oxygen atoms in total. The molecule has 0 aromatic carbocycles. The van der Waals surface area contributed by atoms with E-state index in [1.54, 1.807) is 0 Å². The Balaban J connectivity index is 1.76. The van der Waals surface area contributed by atoms with Crippen LogP contribution >= 0.6 is 0 Å². The Morgan fingerprint density at radius 3 is 2.20 bits per heavy atom. The molecule has 25 heavy (non-hydrogen) atoms. The highest BCUT2D eigenvalue weighted by molar-refractivity contribution is 5.95. The minimum Gasteiger partial charge on any atom is -0.324 e. The van der Waals surface area contributed by atoms with E-state index in [-0.39, 0.29) is 17.9 Å². The van der Waals surface area contributed by atoms with Crippen molar-refractivity contribution in [3.05, 3.63) is 0 Å². The smallest absolute Gasteiger partial charge is 0.324 e. The Morgan fingerprint density at radius 1 is 1.00 bits per heavy atom.